The van der Waals surface area contributed by atoms with Crippen molar-refractivity contribution in [3.05, 3.63) is 35.9 Å². The van der Waals surface area contributed by atoms with Crippen LogP contribution in [0.5, 0.6) is 0 Å². The lowest BCUT2D eigenvalue weighted by Crippen LogP contribution is -2.53. The quantitative estimate of drug-likeness (QED) is 0.757. The minimum Gasteiger partial charge on any atom is -0.480 e. The smallest absolute Gasteiger partial charge is 0.323 e. The second kappa shape index (κ2) is 7.29. The number of hydrogen-bond donors (Lipinski definition) is 2. The van der Waals surface area contributed by atoms with Gasteiger partial charge in [0.05, 0.1) is 0 Å². The van der Waals surface area contributed by atoms with E-state index in [0.29, 0.717) is 6.42 Å². The van der Waals surface area contributed by atoms with Crippen LogP contribution >= 0.6 is 0 Å². The van der Waals surface area contributed by atoms with Crippen LogP contribution in [0.2, 0.25) is 0 Å². The molecule has 0 aromatic heterocycles. The number of hydrogen-bond acceptors (Lipinski definition) is 2. The average molecular weight is 263 g/mol. The van der Waals surface area contributed by atoms with Crippen molar-refractivity contribution in [3.8, 4) is 0 Å². The Morgan fingerprint density at radius 1 is 1.37 bits per heavy atom. The highest BCUT2D eigenvalue weighted by Crippen LogP contribution is 2.15. The molecule has 2 atom stereocenters. The Hall–Kier alpha value is -1.35. The molecule has 3 nitrogen and oxygen atoms in total. The van der Waals surface area contributed by atoms with Crippen LogP contribution in [0.25, 0.3) is 0 Å². The molecular formula is C16H25NO2. The summed E-state index contributed by atoms with van der Waals surface area (Å²) in [6, 6.07) is 10.5. The highest BCUT2D eigenvalue weighted by molar-refractivity contribution is 5.78. The topological polar surface area (TPSA) is 49.3 Å². The van der Waals surface area contributed by atoms with Gasteiger partial charge in [0.25, 0.3) is 0 Å². The molecule has 2 unspecified atom stereocenters. The van der Waals surface area contributed by atoms with Crippen molar-refractivity contribution in [2.75, 3.05) is 0 Å². The fourth-order valence-corrected chi connectivity index (χ4v) is 2.38. The Balaban J connectivity index is 2.49. The molecule has 0 bridgehead atoms. The van der Waals surface area contributed by atoms with Crippen LogP contribution < -0.4 is 5.32 Å². The van der Waals surface area contributed by atoms with Crippen LogP contribution in [0.3, 0.4) is 0 Å². The summed E-state index contributed by atoms with van der Waals surface area (Å²) in [7, 11) is 0. The zero-order chi connectivity index (χ0) is 14.3. The molecule has 1 aromatic carbocycles. The number of aliphatic carboxylic acids is 1. The number of carboxylic acids is 1. The van der Waals surface area contributed by atoms with Crippen LogP contribution in [0.4, 0.5) is 0 Å². The molecule has 0 saturated heterocycles. The minimum atomic E-state index is -0.815. The van der Waals surface area contributed by atoms with Crippen LogP contribution in [0.15, 0.2) is 30.3 Å². The maximum atomic E-state index is 11.4. The van der Waals surface area contributed by atoms with Crippen LogP contribution in [0, 0.1) is 0 Å². The monoisotopic (exact) mass is 263 g/mol. The van der Waals surface area contributed by atoms with Gasteiger partial charge in [-0.15, -0.1) is 0 Å². The first-order valence-corrected chi connectivity index (χ1v) is 7.03. The van der Waals surface area contributed by atoms with Gasteiger partial charge in [0, 0.05) is 6.04 Å². The van der Waals surface area contributed by atoms with Gasteiger partial charge in [-0.25, -0.2) is 0 Å². The summed E-state index contributed by atoms with van der Waals surface area (Å²) in [5.41, 5.74) is 0.480. The van der Waals surface area contributed by atoms with Crippen molar-refractivity contribution in [1.29, 1.82) is 0 Å². The Kier molecular flexibility index (Phi) is 6.03. The van der Waals surface area contributed by atoms with Crippen molar-refractivity contribution < 1.29 is 9.90 Å². The van der Waals surface area contributed by atoms with E-state index >= 15 is 0 Å². The highest BCUT2D eigenvalue weighted by Gasteiger charge is 2.32. The number of rotatable bonds is 8. The molecule has 0 spiro atoms. The summed E-state index contributed by atoms with van der Waals surface area (Å²) in [6.45, 7) is 5.84. The third kappa shape index (κ3) is 5.03. The van der Waals surface area contributed by atoms with Crippen molar-refractivity contribution in [3.63, 3.8) is 0 Å². The van der Waals surface area contributed by atoms with Gasteiger partial charge in [0.1, 0.15) is 5.54 Å². The number of aryl methyl sites for hydroxylation is 1. The molecule has 1 aromatic rings. The van der Waals surface area contributed by atoms with Gasteiger partial charge in [-0.1, -0.05) is 43.7 Å². The van der Waals surface area contributed by atoms with Crippen molar-refractivity contribution in [2.45, 2.75) is 58.0 Å². The lowest BCUT2D eigenvalue weighted by atomic mass is 9.94. The number of nitrogens with one attached hydrogen (secondary N) is 1. The zero-order valence-corrected chi connectivity index (χ0v) is 12.1. The van der Waals surface area contributed by atoms with E-state index in [4.69, 9.17) is 0 Å². The van der Waals surface area contributed by atoms with E-state index in [2.05, 4.69) is 24.4 Å². The average Bonchev–Trinajstić information content (AvgIpc) is 2.37. The summed E-state index contributed by atoms with van der Waals surface area (Å²) >= 11 is 0. The van der Waals surface area contributed by atoms with Crippen LogP contribution in [-0.2, 0) is 11.2 Å². The maximum absolute atomic E-state index is 11.4. The van der Waals surface area contributed by atoms with Crippen molar-refractivity contribution in [2.24, 2.45) is 0 Å². The first kappa shape index (κ1) is 15.7. The summed E-state index contributed by atoms with van der Waals surface area (Å²) in [6.07, 6.45) is 3.42. The van der Waals surface area contributed by atoms with Gasteiger partial charge in [0.2, 0.25) is 0 Å². The molecule has 0 aliphatic carbocycles. The van der Waals surface area contributed by atoms with E-state index in [-0.39, 0.29) is 6.04 Å². The van der Waals surface area contributed by atoms with Gasteiger partial charge >= 0.3 is 5.97 Å². The third-order valence-electron chi connectivity index (χ3n) is 3.50. The van der Waals surface area contributed by atoms with E-state index < -0.39 is 11.5 Å². The predicted octanol–water partition coefficient (Wildman–Crippen LogP) is 3.24. The Morgan fingerprint density at radius 2 is 2.00 bits per heavy atom. The summed E-state index contributed by atoms with van der Waals surface area (Å²) < 4.78 is 0. The SMILES string of the molecule is CCCC(C)(NC(C)CCc1ccccc1)C(=O)O. The number of benzene rings is 1. The molecule has 2 N–H and O–H groups in total. The van der Waals surface area contributed by atoms with E-state index in [9.17, 15) is 9.90 Å². The zero-order valence-electron chi connectivity index (χ0n) is 12.1. The summed E-state index contributed by atoms with van der Waals surface area (Å²) in [4.78, 5) is 11.4. The highest BCUT2D eigenvalue weighted by atomic mass is 16.4. The number of carbonyl (C=O) groups is 1. The lowest BCUT2D eigenvalue weighted by molar-refractivity contribution is -0.144. The van der Waals surface area contributed by atoms with Gasteiger partial charge in [-0.3, -0.25) is 10.1 Å². The first-order chi connectivity index (χ1) is 8.98. The molecule has 0 radical (unpaired) electrons. The molecule has 0 saturated carbocycles. The summed E-state index contributed by atoms with van der Waals surface area (Å²) in [5, 5.41) is 12.6. The molecule has 1 rings (SSSR count). The van der Waals surface area contributed by atoms with Gasteiger partial charge in [0.15, 0.2) is 0 Å². The van der Waals surface area contributed by atoms with E-state index in [1.54, 1.807) is 6.92 Å². The summed E-state index contributed by atoms with van der Waals surface area (Å²) in [5.74, 6) is -0.763. The van der Waals surface area contributed by atoms with E-state index in [1.807, 2.05) is 25.1 Å². The molecule has 0 heterocycles. The lowest BCUT2D eigenvalue weighted by Gasteiger charge is -2.29. The Bertz CT molecular complexity index is 391. The van der Waals surface area contributed by atoms with Crippen molar-refractivity contribution in [1.82, 2.24) is 5.32 Å². The second-order valence-electron chi connectivity index (χ2n) is 5.46. The van der Waals surface area contributed by atoms with Gasteiger partial charge in [-0.2, -0.15) is 0 Å². The van der Waals surface area contributed by atoms with Crippen LogP contribution in [0.1, 0.15) is 45.6 Å². The van der Waals surface area contributed by atoms with Gasteiger partial charge in [-0.05, 0) is 38.7 Å². The maximum Gasteiger partial charge on any atom is 0.323 e. The van der Waals surface area contributed by atoms with E-state index in [0.717, 1.165) is 19.3 Å². The Labute approximate surface area is 116 Å². The van der Waals surface area contributed by atoms with Crippen LogP contribution in [-0.4, -0.2) is 22.7 Å². The molecule has 0 aliphatic heterocycles. The standard InChI is InChI=1S/C16H25NO2/c1-4-12-16(3,15(18)19)17-13(2)10-11-14-8-6-5-7-9-14/h5-9,13,17H,4,10-12H2,1-3H3,(H,18,19). The van der Waals surface area contributed by atoms with Gasteiger partial charge < -0.3 is 5.11 Å². The minimum absolute atomic E-state index is 0.188. The largest absolute Gasteiger partial charge is 0.480 e. The first-order valence-electron chi connectivity index (χ1n) is 7.03. The normalized spacial score (nSPS) is 15.7. The van der Waals surface area contributed by atoms with Crippen molar-refractivity contribution >= 4 is 5.97 Å². The van der Waals surface area contributed by atoms with E-state index in [1.165, 1.54) is 5.56 Å². The molecule has 0 fully saturated rings. The molecule has 0 amide bonds. The second-order valence-corrected chi connectivity index (χ2v) is 5.46. The molecule has 3 heteroatoms. The Morgan fingerprint density at radius 3 is 2.53 bits per heavy atom. The predicted molar refractivity (Wildman–Crippen MR) is 78.3 cm³/mol. The molecule has 106 valence electrons. The fourth-order valence-electron chi connectivity index (χ4n) is 2.38. The molecular weight excluding hydrogens is 238 g/mol. The molecule has 0 aliphatic rings. The third-order valence-corrected chi connectivity index (χ3v) is 3.50. The fraction of sp³-hybridized carbons (Fsp3) is 0.562. The number of carboxylic acid groups (broad SMARTS) is 1. The molecule has 19 heavy (non-hydrogen) atoms.